The van der Waals surface area contributed by atoms with Gasteiger partial charge in [0.2, 0.25) is 0 Å². The molecule has 0 aliphatic carbocycles. The van der Waals surface area contributed by atoms with Crippen LogP contribution < -0.4 is 5.73 Å². The van der Waals surface area contributed by atoms with Gasteiger partial charge in [-0.3, -0.25) is 0 Å². The summed E-state index contributed by atoms with van der Waals surface area (Å²) in [6, 6.07) is 7.24. The van der Waals surface area contributed by atoms with Crippen LogP contribution in [0.4, 0.5) is 14.5 Å². The number of nitrogen functional groups attached to an aromatic ring is 1. The number of anilines is 1. The van der Waals surface area contributed by atoms with Gasteiger partial charge < -0.3 is 10.5 Å². The zero-order chi connectivity index (χ0) is 14.7. The number of carbonyl (C=O) groups is 1. The molecule has 0 heterocycles. The number of nitrogens with two attached hydrogens (primary N) is 1. The Morgan fingerprint density at radius 3 is 2.40 bits per heavy atom. The summed E-state index contributed by atoms with van der Waals surface area (Å²) < 4.78 is 30.9. The molecule has 0 fully saturated rings. The lowest BCUT2D eigenvalue weighted by atomic mass is 10.2. The highest BCUT2D eigenvalue weighted by atomic mass is 35.5. The molecule has 104 valence electrons. The molecule has 0 radical (unpaired) electrons. The molecule has 2 rings (SSSR count). The maximum absolute atomic E-state index is 13.0. The smallest absolute Gasteiger partial charge is 0.340 e. The van der Waals surface area contributed by atoms with Crippen molar-refractivity contribution in [2.75, 3.05) is 5.73 Å². The van der Waals surface area contributed by atoms with E-state index in [2.05, 4.69) is 0 Å². The molecule has 0 aliphatic rings. The minimum absolute atomic E-state index is 0.145. The third kappa shape index (κ3) is 3.45. The van der Waals surface area contributed by atoms with E-state index in [0.29, 0.717) is 5.02 Å². The standard InChI is InChI=1S/C14H10ClF2NO2/c15-9-1-2-12(13(18)5-9)14(19)20-7-8-3-10(16)6-11(17)4-8/h1-6H,7,18H2. The average Bonchev–Trinajstić information content (AvgIpc) is 2.35. The van der Waals surface area contributed by atoms with Gasteiger partial charge in [-0.2, -0.15) is 0 Å². The van der Waals surface area contributed by atoms with E-state index >= 15 is 0 Å². The Morgan fingerprint density at radius 2 is 1.80 bits per heavy atom. The van der Waals surface area contributed by atoms with E-state index in [9.17, 15) is 13.6 Å². The quantitative estimate of drug-likeness (QED) is 0.696. The lowest BCUT2D eigenvalue weighted by Crippen LogP contribution is -2.08. The number of carbonyl (C=O) groups excluding carboxylic acids is 1. The predicted molar refractivity (Wildman–Crippen MR) is 71.3 cm³/mol. The summed E-state index contributed by atoms with van der Waals surface area (Å²) in [6.45, 7) is -0.254. The Balaban J connectivity index is 2.08. The highest BCUT2D eigenvalue weighted by molar-refractivity contribution is 6.31. The molecule has 0 spiro atoms. The van der Waals surface area contributed by atoms with Crippen molar-refractivity contribution in [3.05, 3.63) is 64.2 Å². The van der Waals surface area contributed by atoms with Crippen molar-refractivity contribution >= 4 is 23.3 Å². The predicted octanol–water partition coefficient (Wildman–Crippen LogP) is 3.56. The molecule has 0 amide bonds. The van der Waals surface area contributed by atoms with Crippen LogP contribution in [0.1, 0.15) is 15.9 Å². The number of rotatable bonds is 3. The van der Waals surface area contributed by atoms with E-state index in [1.165, 1.54) is 18.2 Å². The van der Waals surface area contributed by atoms with Gasteiger partial charge >= 0.3 is 5.97 Å². The zero-order valence-electron chi connectivity index (χ0n) is 10.2. The van der Waals surface area contributed by atoms with E-state index in [1.807, 2.05) is 0 Å². The fourth-order valence-electron chi connectivity index (χ4n) is 1.64. The number of hydrogen-bond acceptors (Lipinski definition) is 3. The number of hydrogen-bond donors (Lipinski definition) is 1. The Bertz CT molecular complexity index is 641. The molecule has 0 saturated heterocycles. The monoisotopic (exact) mass is 297 g/mol. The first-order valence-corrected chi connectivity index (χ1v) is 6.00. The van der Waals surface area contributed by atoms with Crippen molar-refractivity contribution in [3.8, 4) is 0 Å². The number of benzene rings is 2. The number of esters is 1. The van der Waals surface area contributed by atoms with Crippen LogP contribution in [0, 0.1) is 11.6 Å². The molecule has 0 aliphatic heterocycles. The van der Waals surface area contributed by atoms with Crippen LogP contribution in [-0.2, 0) is 11.3 Å². The summed E-state index contributed by atoms with van der Waals surface area (Å²) >= 11 is 5.71. The van der Waals surface area contributed by atoms with E-state index in [4.69, 9.17) is 22.1 Å². The first-order chi connectivity index (χ1) is 9.45. The van der Waals surface area contributed by atoms with Crippen molar-refractivity contribution in [3.63, 3.8) is 0 Å². The van der Waals surface area contributed by atoms with Crippen LogP contribution in [-0.4, -0.2) is 5.97 Å². The summed E-state index contributed by atoms with van der Waals surface area (Å²) in [6.07, 6.45) is 0. The lowest BCUT2D eigenvalue weighted by molar-refractivity contribution is 0.0473. The van der Waals surface area contributed by atoms with Crippen molar-refractivity contribution in [2.24, 2.45) is 0 Å². The van der Waals surface area contributed by atoms with E-state index in [-0.39, 0.29) is 23.4 Å². The third-order valence-electron chi connectivity index (χ3n) is 2.53. The second kappa shape index (κ2) is 5.88. The summed E-state index contributed by atoms with van der Waals surface area (Å²) in [4.78, 5) is 11.8. The Labute approximate surface area is 118 Å². The SMILES string of the molecule is Nc1cc(Cl)ccc1C(=O)OCc1cc(F)cc(F)c1. The van der Waals surface area contributed by atoms with Gasteiger partial charge in [0.15, 0.2) is 0 Å². The van der Waals surface area contributed by atoms with Gasteiger partial charge in [0.1, 0.15) is 18.2 Å². The summed E-state index contributed by atoms with van der Waals surface area (Å²) in [5.41, 5.74) is 6.16. The fraction of sp³-hybridized carbons (Fsp3) is 0.0714. The number of halogens is 3. The van der Waals surface area contributed by atoms with Crippen LogP contribution in [0.3, 0.4) is 0 Å². The van der Waals surface area contributed by atoms with Gasteiger partial charge in [-0.15, -0.1) is 0 Å². The molecule has 20 heavy (non-hydrogen) atoms. The van der Waals surface area contributed by atoms with Gasteiger partial charge in [0.05, 0.1) is 5.56 Å². The van der Waals surface area contributed by atoms with Gasteiger partial charge in [-0.25, -0.2) is 13.6 Å². The van der Waals surface area contributed by atoms with Crippen LogP contribution in [0.15, 0.2) is 36.4 Å². The number of ether oxygens (including phenoxy) is 1. The van der Waals surface area contributed by atoms with Gasteiger partial charge in [0.25, 0.3) is 0 Å². The van der Waals surface area contributed by atoms with E-state index < -0.39 is 17.6 Å². The first-order valence-electron chi connectivity index (χ1n) is 5.63. The van der Waals surface area contributed by atoms with Crippen LogP contribution in [0.25, 0.3) is 0 Å². The highest BCUT2D eigenvalue weighted by Crippen LogP contribution is 2.19. The van der Waals surface area contributed by atoms with Crippen molar-refractivity contribution in [1.29, 1.82) is 0 Å². The molecule has 0 bridgehead atoms. The zero-order valence-corrected chi connectivity index (χ0v) is 11.0. The van der Waals surface area contributed by atoms with Crippen molar-refractivity contribution in [2.45, 2.75) is 6.61 Å². The largest absolute Gasteiger partial charge is 0.457 e. The Kier molecular flexibility index (Phi) is 4.20. The molecule has 2 N–H and O–H groups in total. The van der Waals surface area contributed by atoms with Crippen LogP contribution in [0.2, 0.25) is 5.02 Å². The maximum atomic E-state index is 13.0. The molecule has 0 unspecified atom stereocenters. The van der Waals surface area contributed by atoms with Crippen LogP contribution in [0.5, 0.6) is 0 Å². The van der Waals surface area contributed by atoms with E-state index in [0.717, 1.165) is 18.2 Å². The molecule has 0 saturated carbocycles. The first kappa shape index (κ1) is 14.3. The molecular weight excluding hydrogens is 288 g/mol. The van der Waals surface area contributed by atoms with Gasteiger partial charge in [-0.05, 0) is 35.9 Å². The molecule has 3 nitrogen and oxygen atoms in total. The van der Waals surface area contributed by atoms with Crippen molar-refractivity contribution < 1.29 is 18.3 Å². The minimum Gasteiger partial charge on any atom is -0.457 e. The summed E-state index contributed by atoms with van der Waals surface area (Å²) in [5, 5.41) is 0.395. The fourth-order valence-corrected chi connectivity index (χ4v) is 1.82. The van der Waals surface area contributed by atoms with Gasteiger partial charge in [0, 0.05) is 16.8 Å². The third-order valence-corrected chi connectivity index (χ3v) is 2.76. The van der Waals surface area contributed by atoms with Crippen LogP contribution >= 0.6 is 11.6 Å². The molecule has 0 atom stereocenters. The summed E-state index contributed by atoms with van der Waals surface area (Å²) in [7, 11) is 0. The average molecular weight is 298 g/mol. The summed E-state index contributed by atoms with van der Waals surface area (Å²) in [5.74, 6) is -2.16. The topological polar surface area (TPSA) is 52.3 Å². The molecule has 6 heteroatoms. The minimum atomic E-state index is -0.734. The highest BCUT2D eigenvalue weighted by Gasteiger charge is 2.12. The molecule has 2 aromatic rings. The van der Waals surface area contributed by atoms with E-state index in [1.54, 1.807) is 0 Å². The Hall–Kier alpha value is -2.14. The molecule has 0 aromatic heterocycles. The Morgan fingerprint density at radius 1 is 1.15 bits per heavy atom. The van der Waals surface area contributed by atoms with Crippen molar-refractivity contribution in [1.82, 2.24) is 0 Å². The molecular formula is C14H10ClF2NO2. The van der Waals surface area contributed by atoms with Gasteiger partial charge in [-0.1, -0.05) is 11.6 Å². The molecule has 2 aromatic carbocycles. The second-order valence-corrected chi connectivity index (χ2v) is 4.52. The second-order valence-electron chi connectivity index (χ2n) is 4.09. The normalized spacial score (nSPS) is 10.3. The maximum Gasteiger partial charge on any atom is 0.340 e. The lowest BCUT2D eigenvalue weighted by Gasteiger charge is -2.07.